The van der Waals surface area contributed by atoms with E-state index in [0.717, 1.165) is 11.1 Å². The van der Waals surface area contributed by atoms with Crippen LogP contribution in [0.15, 0.2) is 91.2 Å². The number of aliphatic hydroxyl groups is 3. The van der Waals surface area contributed by atoms with E-state index in [4.69, 9.17) is 28.9 Å². The third kappa shape index (κ3) is 6.61. The minimum atomic E-state index is -1.66. The van der Waals surface area contributed by atoms with Crippen LogP contribution in [0.4, 0.5) is 0 Å². The molecule has 5 N–H and O–H groups in total. The van der Waals surface area contributed by atoms with E-state index in [2.05, 4.69) is 10.6 Å². The highest BCUT2D eigenvalue weighted by molar-refractivity contribution is 5.96. The second kappa shape index (κ2) is 15.4. The smallest absolute Gasteiger partial charge is 0.327 e. The van der Waals surface area contributed by atoms with Gasteiger partial charge in [0.15, 0.2) is 6.04 Å². The van der Waals surface area contributed by atoms with Gasteiger partial charge in [0.25, 0.3) is 0 Å². The van der Waals surface area contributed by atoms with Gasteiger partial charge in [0.05, 0.1) is 32.1 Å². The zero-order valence-electron chi connectivity index (χ0n) is 29.1. The van der Waals surface area contributed by atoms with Crippen molar-refractivity contribution in [2.45, 2.75) is 68.3 Å². The summed E-state index contributed by atoms with van der Waals surface area (Å²) < 4.78 is 25.3. The first-order chi connectivity index (χ1) is 25.7. The van der Waals surface area contributed by atoms with Crippen LogP contribution >= 0.6 is 0 Å². The van der Waals surface area contributed by atoms with Crippen molar-refractivity contribution < 1.29 is 53.5 Å². The fraction of sp³-hybridized carbons (Fsp3) is 0.410. The number of fused-ring (bicyclic) bond motifs is 4. The van der Waals surface area contributed by atoms with Gasteiger partial charge in [-0.25, -0.2) is 0 Å². The Balaban J connectivity index is 1.31. The molecule has 0 radical (unpaired) electrons. The molecule has 4 aliphatic rings. The number of nitrogens with zero attached hydrogens (tertiary/aromatic N) is 1. The minimum Gasteiger partial charge on any atom is -0.499 e. The van der Waals surface area contributed by atoms with Crippen molar-refractivity contribution in [1.29, 1.82) is 0 Å². The van der Waals surface area contributed by atoms with E-state index in [-0.39, 0.29) is 39.3 Å². The van der Waals surface area contributed by atoms with Crippen LogP contribution in [0.5, 0.6) is 0 Å². The van der Waals surface area contributed by atoms with Crippen molar-refractivity contribution in [3.63, 3.8) is 0 Å². The molecule has 3 aromatic carbocycles. The first-order valence-corrected chi connectivity index (χ1v) is 17.7. The molecule has 14 heteroatoms. The number of amides is 2. The van der Waals surface area contributed by atoms with E-state index in [0.29, 0.717) is 11.1 Å². The standard InChI is InChI=1S/C39H43N3O11/c1-24(45)30(35(46)40-17-18-43)41-37(48)38-22-29-31-32(52-39(51-31,27-12-4-2-5-13-27)28-14-6-3-7-15-28)34(38)53-42(33(38)36(47)50-29)23-26-11-9-8-10-25(26)16-20-49-21-19-44/h2-16,20,24,29-34,43-45H,17-19,21-23H2,1H3,(H,40,46)(H,41,48)/t24-,29+,30+,31-,32-,33-,34+,38-/m0/s1. The lowest BCUT2D eigenvalue weighted by molar-refractivity contribution is -0.213. The van der Waals surface area contributed by atoms with Gasteiger partial charge in [-0.1, -0.05) is 84.9 Å². The number of hydroxylamine groups is 2. The second-order valence-corrected chi connectivity index (χ2v) is 13.5. The largest absolute Gasteiger partial charge is 0.499 e. The first-order valence-electron chi connectivity index (χ1n) is 17.7. The molecule has 2 amide bonds. The highest BCUT2D eigenvalue weighted by atomic mass is 16.8. The maximum absolute atomic E-state index is 14.9. The Morgan fingerprint density at radius 2 is 1.62 bits per heavy atom. The van der Waals surface area contributed by atoms with Crippen molar-refractivity contribution in [1.82, 2.24) is 15.7 Å². The molecule has 53 heavy (non-hydrogen) atoms. The van der Waals surface area contributed by atoms with Gasteiger partial charge in [-0.3, -0.25) is 19.2 Å². The quantitative estimate of drug-likeness (QED) is 0.0907. The number of nitrogens with one attached hydrogen (secondary N) is 2. The summed E-state index contributed by atoms with van der Waals surface area (Å²) in [5.41, 5.74) is 1.18. The highest BCUT2D eigenvalue weighted by Crippen LogP contribution is 2.59. The number of ether oxygens (including phenoxy) is 4. The monoisotopic (exact) mass is 729 g/mol. The molecule has 3 heterocycles. The predicted octanol–water partition coefficient (Wildman–Crippen LogP) is 1.13. The van der Waals surface area contributed by atoms with Gasteiger partial charge in [-0.2, -0.15) is 5.06 Å². The predicted molar refractivity (Wildman–Crippen MR) is 187 cm³/mol. The lowest BCUT2D eigenvalue weighted by atomic mass is 9.62. The lowest BCUT2D eigenvalue weighted by Gasteiger charge is -2.49. The van der Waals surface area contributed by atoms with E-state index in [1.165, 1.54) is 18.2 Å². The second-order valence-electron chi connectivity index (χ2n) is 13.5. The molecule has 7 rings (SSSR count). The minimum absolute atomic E-state index is 0.0259. The number of rotatable bonds is 14. The zero-order valence-corrected chi connectivity index (χ0v) is 29.1. The van der Waals surface area contributed by atoms with Gasteiger partial charge in [0, 0.05) is 24.1 Å². The van der Waals surface area contributed by atoms with Gasteiger partial charge >= 0.3 is 5.97 Å². The van der Waals surface area contributed by atoms with Gasteiger partial charge < -0.3 is 44.9 Å². The summed E-state index contributed by atoms with van der Waals surface area (Å²) in [4.78, 5) is 49.0. The summed E-state index contributed by atoms with van der Waals surface area (Å²) in [5.74, 6) is -3.57. The fourth-order valence-corrected chi connectivity index (χ4v) is 7.91. The van der Waals surface area contributed by atoms with Crippen LogP contribution < -0.4 is 10.6 Å². The van der Waals surface area contributed by atoms with Crippen LogP contribution in [0, 0.1) is 5.41 Å². The molecule has 3 aromatic rings. The maximum Gasteiger partial charge on any atom is 0.327 e. The number of aliphatic hydroxyl groups excluding tert-OH is 3. The van der Waals surface area contributed by atoms with Crippen molar-refractivity contribution in [3.8, 4) is 0 Å². The summed E-state index contributed by atoms with van der Waals surface area (Å²) in [5, 5.41) is 35.7. The summed E-state index contributed by atoms with van der Waals surface area (Å²) in [7, 11) is 0. The topological polar surface area (TPSA) is 185 Å². The fourth-order valence-electron chi connectivity index (χ4n) is 7.91. The van der Waals surface area contributed by atoms with Crippen LogP contribution in [0.25, 0.3) is 6.08 Å². The number of benzene rings is 3. The molecule has 0 spiro atoms. The van der Waals surface area contributed by atoms with E-state index in [1.54, 1.807) is 6.08 Å². The number of hydrogen-bond donors (Lipinski definition) is 5. The van der Waals surface area contributed by atoms with Crippen LogP contribution in [-0.2, 0) is 50.5 Å². The average Bonchev–Trinajstić information content (AvgIpc) is 3.75. The molecule has 2 bridgehead atoms. The molecule has 1 aliphatic carbocycles. The molecular formula is C39H43N3O11. The van der Waals surface area contributed by atoms with Crippen molar-refractivity contribution in [2.24, 2.45) is 5.41 Å². The molecule has 14 nitrogen and oxygen atoms in total. The lowest BCUT2D eigenvalue weighted by Crippen LogP contribution is -2.71. The third-order valence-electron chi connectivity index (χ3n) is 10.3. The van der Waals surface area contributed by atoms with Crippen LogP contribution in [0.2, 0.25) is 0 Å². The maximum atomic E-state index is 14.9. The Hall–Kier alpha value is -4.67. The Morgan fingerprint density at radius 1 is 0.962 bits per heavy atom. The third-order valence-corrected chi connectivity index (χ3v) is 10.3. The molecular weight excluding hydrogens is 686 g/mol. The van der Waals surface area contributed by atoms with Crippen molar-refractivity contribution in [3.05, 3.63) is 113 Å². The number of esters is 1. The van der Waals surface area contributed by atoms with E-state index < -0.39 is 71.6 Å². The molecule has 4 fully saturated rings. The normalized spacial score (nSPS) is 28.2. The summed E-state index contributed by atoms with van der Waals surface area (Å²) in [6.07, 6.45) is -2.01. The van der Waals surface area contributed by atoms with Gasteiger partial charge in [0.2, 0.25) is 17.6 Å². The SMILES string of the molecule is C[C@H](O)[C@@H](NC(=O)[C@@]12C[C@H]3OC(=O)[C@@H]1N(Cc1ccccc1C=COCCO)O[C@@H]2[C@H]1OC(c2ccccc2)(c2ccccc2)O[C@H]13)C(=O)NCCO. The molecule has 0 aromatic heterocycles. The molecule has 280 valence electrons. The van der Waals surface area contributed by atoms with Crippen molar-refractivity contribution >= 4 is 23.9 Å². The molecule has 3 aliphatic heterocycles. The molecule has 1 saturated carbocycles. The van der Waals surface area contributed by atoms with E-state index in [1.807, 2.05) is 84.9 Å². The summed E-state index contributed by atoms with van der Waals surface area (Å²) >= 11 is 0. The highest BCUT2D eigenvalue weighted by Gasteiger charge is 2.76. The van der Waals surface area contributed by atoms with E-state index in [9.17, 15) is 24.6 Å². The molecule has 8 atom stereocenters. The Morgan fingerprint density at radius 3 is 2.28 bits per heavy atom. The Labute approximate surface area is 306 Å². The Kier molecular flexibility index (Phi) is 10.6. The first kappa shape index (κ1) is 36.7. The van der Waals surface area contributed by atoms with Crippen LogP contribution in [0.1, 0.15) is 35.6 Å². The van der Waals surface area contributed by atoms with Crippen molar-refractivity contribution in [2.75, 3.05) is 26.4 Å². The molecule has 0 unspecified atom stereocenters. The Bertz CT molecular complexity index is 1770. The van der Waals surface area contributed by atoms with Crippen LogP contribution in [0.3, 0.4) is 0 Å². The van der Waals surface area contributed by atoms with Gasteiger partial charge in [-0.05, 0) is 24.1 Å². The van der Waals surface area contributed by atoms with Crippen LogP contribution in [-0.4, -0.2) is 107 Å². The molecule has 3 saturated heterocycles. The summed E-state index contributed by atoms with van der Waals surface area (Å²) in [6.45, 7) is 0.942. The summed E-state index contributed by atoms with van der Waals surface area (Å²) in [6, 6.07) is 23.4. The number of carbonyl (C=O) groups excluding carboxylic acids is 3. The zero-order chi connectivity index (χ0) is 37.2. The number of carbonyl (C=O) groups is 3. The number of hydrogen-bond acceptors (Lipinski definition) is 12. The average molecular weight is 730 g/mol. The van der Waals surface area contributed by atoms with E-state index >= 15 is 0 Å². The van der Waals surface area contributed by atoms with Gasteiger partial charge in [0.1, 0.15) is 42.5 Å². The van der Waals surface area contributed by atoms with Gasteiger partial charge in [-0.15, -0.1) is 0 Å².